The second-order valence-corrected chi connectivity index (χ2v) is 11.8. The number of carbonyl (C=O) groups excluding carboxylic acids is 6. The molecule has 1 aromatic rings. The predicted octanol–water partition coefficient (Wildman–Crippen LogP) is -2.89. The van der Waals surface area contributed by atoms with Gasteiger partial charge in [-0.1, -0.05) is 44.2 Å². The quantitative estimate of drug-likeness (QED) is 0.0774. The molecule has 15 nitrogen and oxygen atoms in total. The molecule has 1 aliphatic heterocycles. The van der Waals surface area contributed by atoms with Crippen molar-refractivity contribution in [2.24, 2.45) is 17.4 Å². The van der Waals surface area contributed by atoms with Gasteiger partial charge in [-0.25, -0.2) is 0 Å². The molecular formula is C29H46BN7O8. The summed E-state index contributed by atoms with van der Waals surface area (Å²) in [6.45, 7) is 3.45. The number of nitrogens with zero attached hydrogens (tertiary/aromatic N) is 1. The van der Waals surface area contributed by atoms with Gasteiger partial charge in [0, 0.05) is 19.3 Å². The Morgan fingerprint density at radius 3 is 2.09 bits per heavy atom. The topological polar surface area (TPSA) is 246 Å². The zero-order chi connectivity index (χ0) is 33.7. The lowest BCUT2D eigenvalue weighted by Gasteiger charge is -2.29. The van der Waals surface area contributed by atoms with E-state index < -0.39 is 85.5 Å². The van der Waals surface area contributed by atoms with Gasteiger partial charge in [-0.15, -0.1) is 0 Å². The molecule has 0 unspecified atom stereocenters. The van der Waals surface area contributed by atoms with E-state index in [0.29, 0.717) is 13.0 Å². The Morgan fingerprint density at radius 1 is 0.933 bits per heavy atom. The minimum atomic E-state index is -1.46. The Morgan fingerprint density at radius 2 is 1.53 bits per heavy atom. The summed E-state index contributed by atoms with van der Waals surface area (Å²) in [4.78, 5) is 76.7. The van der Waals surface area contributed by atoms with Crippen molar-refractivity contribution in [2.45, 2.75) is 83.0 Å². The van der Waals surface area contributed by atoms with Crippen molar-refractivity contribution in [3.63, 3.8) is 0 Å². The van der Waals surface area contributed by atoms with Crippen molar-refractivity contribution in [2.75, 3.05) is 19.6 Å². The number of amides is 6. The predicted molar refractivity (Wildman–Crippen MR) is 166 cm³/mol. The minimum absolute atomic E-state index is 0.0427. The molecule has 1 heterocycles. The molecule has 5 atom stereocenters. The van der Waals surface area contributed by atoms with Crippen LogP contribution < -0.4 is 32.7 Å². The first-order valence-corrected chi connectivity index (χ1v) is 15.0. The van der Waals surface area contributed by atoms with Crippen LogP contribution in [0.15, 0.2) is 30.3 Å². The third-order valence-electron chi connectivity index (χ3n) is 7.46. The van der Waals surface area contributed by atoms with Crippen molar-refractivity contribution in [1.29, 1.82) is 0 Å². The Kier molecular flexibility index (Phi) is 14.9. The van der Waals surface area contributed by atoms with Crippen LogP contribution >= 0.6 is 0 Å². The van der Waals surface area contributed by atoms with Crippen molar-refractivity contribution in [3.8, 4) is 0 Å². The lowest BCUT2D eigenvalue weighted by atomic mass is 9.58. The molecule has 45 heavy (non-hydrogen) atoms. The van der Waals surface area contributed by atoms with Gasteiger partial charge < -0.3 is 42.9 Å². The van der Waals surface area contributed by atoms with E-state index >= 15 is 0 Å². The third kappa shape index (κ3) is 12.5. The van der Waals surface area contributed by atoms with Crippen molar-refractivity contribution in [3.05, 3.63) is 35.9 Å². The largest absolute Gasteiger partial charge is 0.448 e. The van der Waals surface area contributed by atoms with Crippen LogP contribution in [0.2, 0.25) is 0 Å². The number of nitrogens with two attached hydrogens (primary N) is 2. The molecule has 1 aliphatic rings. The van der Waals surface area contributed by atoms with Crippen LogP contribution in [0.4, 0.5) is 0 Å². The Bertz CT molecular complexity index is 1190. The summed E-state index contributed by atoms with van der Waals surface area (Å²) >= 11 is 0. The Balaban J connectivity index is 2.26. The summed E-state index contributed by atoms with van der Waals surface area (Å²) in [5.41, 5.74) is 11.7. The number of carbonyl (C=O) groups is 6. The van der Waals surface area contributed by atoms with Crippen LogP contribution in [0.25, 0.3) is 0 Å². The van der Waals surface area contributed by atoms with E-state index in [4.69, 9.17) is 11.5 Å². The summed E-state index contributed by atoms with van der Waals surface area (Å²) in [5.74, 6) is -5.34. The van der Waals surface area contributed by atoms with Gasteiger partial charge in [0.05, 0.1) is 19.1 Å². The van der Waals surface area contributed by atoms with Crippen LogP contribution in [0.5, 0.6) is 0 Å². The smallest absolute Gasteiger partial charge is 0.327 e. The van der Waals surface area contributed by atoms with Crippen molar-refractivity contribution < 1.29 is 38.9 Å². The Labute approximate surface area is 263 Å². The van der Waals surface area contributed by atoms with Gasteiger partial charge in [0.1, 0.15) is 18.1 Å². The maximum atomic E-state index is 13.6. The molecule has 0 radical (unpaired) electrons. The van der Waals surface area contributed by atoms with E-state index in [1.807, 2.05) is 18.2 Å². The maximum absolute atomic E-state index is 13.6. The molecule has 0 bridgehead atoms. The summed E-state index contributed by atoms with van der Waals surface area (Å²) in [5, 5.41) is 30.8. The molecule has 0 spiro atoms. The highest BCUT2D eigenvalue weighted by Crippen LogP contribution is 2.18. The van der Waals surface area contributed by atoms with E-state index in [-0.39, 0.29) is 25.2 Å². The van der Waals surface area contributed by atoms with Gasteiger partial charge in [-0.3, -0.25) is 33.7 Å². The standard InChI is InChI=1S/C29H46BN7O8/c1-17(2)12-20(34-29(44)22(15-38)33-18(3)39)27(42)35-21(14-25(31)40)28(43)36-24(13-19-8-5-4-6-9-19)30(45)16-37-11-7-10-23(37)26(32)41/h4-6,8-9,17,20-24,38,45H,7,10-16H2,1-3H3,(H2,31,40)(H2,32,41)(H,33,39)(H,34,44)(H,35,42)(H,36,43)/t20-,21-,22-,23-,24-/m0/s1. The second-order valence-electron chi connectivity index (χ2n) is 11.8. The van der Waals surface area contributed by atoms with Crippen LogP contribution in [-0.2, 0) is 35.2 Å². The number of hydrogen-bond donors (Lipinski definition) is 8. The molecule has 248 valence electrons. The summed E-state index contributed by atoms with van der Waals surface area (Å²) in [6, 6.07) is 4.56. The number of nitrogens with one attached hydrogen (secondary N) is 4. The first-order valence-electron chi connectivity index (χ1n) is 15.0. The zero-order valence-electron chi connectivity index (χ0n) is 26.0. The molecule has 1 saturated heterocycles. The SMILES string of the molecule is CC(=O)N[C@@H](CO)C(=O)N[C@@H](CC(C)C)C(=O)N[C@@H](CC(N)=O)C(=O)N[C@@H](Cc1ccccc1)B(O)CN1CCC[C@H]1C(N)=O. The van der Waals surface area contributed by atoms with E-state index in [9.17, 15) is 38.9 Å². The molecule has 0 saturated carbocycles. The van der Waals surface area contributed by atoms with Crippen LogP contribution in [0.3, 0.4) is 0 Å². The maximum Gasteiger partial charge on any atom is 0.327 e. The first kappa shape index (κ1) is 37.2. The molecule has 2 rings (SSSR count). The molecule has 6 amide bonds. The summed E-state index contributed by atoms with van der Waals surface area (Å²) in [7, 11) is 0. The highest BCUT2D eigenvalue weighted by Gasteiger charge is 2.37. The normalized spacial score (nSPS) is 17.4. The van der Waals surface area contributed by atoms with Gasteiger partial charge in [0.15, 0.2) is 0 Å². The van der Waals surface area contributed by atoms with Gasteiger partial charge in [0.25, 0.3) is 0 Å². The van der Waals surface area contributed by atoms with Crippen LogP contribution in [-0.4, -0.2) is 107 Å². The first-order chi connectivity index (χ1) is 21.2. The highest BCUT2D eigenvalue weighted by atomic mass is 16.3. The van der Waals surface area contributed by atoms with E-state index in [2.05, 4.69) is 21.3 Å². The fraction of sp³-hybridized carbons (Fsp3) is 0.586. The van der Waals surface area contributed by atoms with Crippen LogP contribution in [0, 0.1) is 5.92 Å². The highest BCUT2D eigenvalue weighted by molar-refractivity contribution is 6.53. The molecular weight excluding hydrogens is 585 g/mol. The monoisotopic (exact) mass is 631 g/mol. The van der Waals surface area contributed by atoms with Gasteiger partial charge in [-0.2, -0.15) is 0 Å². The lowest BCUT2D eigenvalue weighted by Crippen LogP contribution is -2.60. The third-order valence-corrected chi connectivity index (χ3v) is 7.46. The van der Waals surface area contributed by atoms with Crippen molar-refractivity contribution >= 4 is 42.4 Å². The van der Waals surface area contributed by atoms with Crippen molar-refractivity contribution in [1.82, 2.24) is 26.2 Å². The summed E-state index contributed by atoms with van der Waals surface area (Å²) < 4.78 is 0. The number of rotatable bonds is 18. The minimum Gasteiger partial charge on any atom is -0.448 e. The Hall–Kier alpha value is -4.02. The van der Waals surface area contributed by atoms with E-state index in [1.165, 1.54) is 6.92 Å². The summed E-state index contributed by atoms with van der Waals surface area (Å²) in [6.07, 6.45) is 1.07. The average molecular weight is 632 g/mol. The fourth-order valence-corrected chi connectivity index (χ4v) is 5.27. The fourth-order valence-electron chi connectivity index (χ4n) is 5.27. The molecule has 1 fully saturated rings. The van der Waals surface area contributed by atoms with E-state index in [0.717, 1.165) is 12.0 Å². The number of benzene rings is 1. The van der Waals surface area contributed by atoms with Gasteiger partial charge >= 0.3 is 6.92 Å². The number of aliphatic hydroxyl groups excluding tert-OH is 1. The number of likely N-dealkylation sites (tertiary alicyclic amines) is 1. The molecule has 10 N–H and O–H groups in total. The average Bonchev–Trinajstić information content (AvgIpc) is 3.43. The molecule has 1 aromatic carbocycles. The number of aliphatic hydroxyl groups is 1. The van der Waals surface area contributed by atoms with E-state index in [1.54, 1.807) is 30.9 Å². The molecule has 0 aliphatic carbocycles. The molecule has 16 heteroatoms. The van der Waals surface area contributed by atoms with Gasteiger partial charge in [-0.05, 0) is 43.7 Å². The second kappa shape index (κ2) is 18.1. The van der Waals surface area contributed by atoms with Crippen LogP contribution in [0.1, 0.15) is 52.0 Å². The van der Waals surface area contributed by atoms with Gasteiger partial charge in [0.2, 0.25) is 35.4 Å². The number of primary amides is 2. The number of hydrogen-bond acceptors (Lipinski definition) is 9. The molecule has 0 aromatic heterocycles. The zero-order valence-corrected chi connectivity index (χ0v) is 26.0. The lowest BCUT2D eigenvalue weighted by molar-refractivity contribution is -0.135.